The third-order valence-electron chi connectivity index (χ3n) is 2.41. The predicted molar refractivity (Wildman–Crippen MR) is 60.2 cm³/mol. The van der Waals surface area contributed by atoms with Gasteiger partial charge in [-0.25, -0.2) is 0 Å². The number of carbonyl (C=O) groups excluding carboxylic acids is 1. The van der Waals surface area contributed by atoms with E-state index >= 15 is 0 Å². The predicted octanol–water partition coefficient (Wildman–Crippen LogP) is 2.73. The van der Waals surface area contributed by atoms with Crippen molar-refractivity contribution in [2.45, 2.75) is 13.3 Å². The molecule has 1 N–H and O–H groups in total. The third kappa shape index (κ3) is 2.34. The highest BCUT2D eigenvalue weighted by atomic mass is 16.1. The lowest BCUT2D eigenvalue weighted by Crippen LogP contribution is -1.89. The molecule has 0 spiro atoms. The number of carbonyl (C=O) groups is 1. The van der Waals surface area contributed by atoms with Crippen LogP contribution >= 0.6 is 0 Å². The van der Waals surface area contributed by atoms with E-state index in [1.54, 1.807) is 6.07 Å². The number of benzene rings is 1. The zero-order valence-electron chi connectivity index (χ0n) is 8.66. The molecule has 0 radical (unpaired) electrons. The van der Waals surface area contributed by atoms with Crippen molar-refractivity contribution >= 4 is 6.29 Å². The van der Waals surface area contributed by atoms with Crippen LogP contribution in [0.2, 0.25) is 0 Å². The van der Waals surface area contributed by atoms with E-state index in [0.29, 0.717) is 5.69 Å². The number of aryl methyl sites for hydroxylation is 1. The molecule has 1 aromatic carbocycles. The first-order valence-electron chi connectivity index (χ1n) is 4.96. The maximum atomic E-state index is 10.5. The zero-order valence-corrected chi connectivity index (χ0v) is 8.66. The van der Waals surface area contributed by atoms with Gasteiger partial charge in [-0.3, -0.25) is 4.79 Å². The van der Waals surface area contributed by atoms with Gasteiger partial charge in [0.25, 0.3) is 0 Å². The quantitative estimate of drug-likeness (QED) is 0.757. The third-order valence-corrected chi connectivity index (χ3v) is 2.41. The first-order chi connectivity index (χ1) is 7.28. The van der Waals surface area contributed by atoms with E-state index < -0.39 is 0 Å². The molecular formula is C13H13NO. The molecular weight excluding hydrogens is 186 g/mol. The molecule has 0 aliphatic carbocycles. The van der Waals surface area contributed by atoms with Crippen LogP contribution in [0.1, 0.15) is 27.3 Å². The van der Waals surface area contributed by atoms with Gasteiger partial charge in [0, 0.05) is 12.1 Å². The fraction of sp³-hybridized carbons (Fsp3) is 0.154. The van der Waals surface area contributed by atoms with Crippen LogP contribution in [0.3, 0.4) is 0 Å². The van der Waals surface area contributed by atoms with Crippen LogP contribution in [-0.4, -0.2) is 11.3 Å². The molecule has 0 bridgehead atoms. The molecule has 76 valence electrons. The Labute approximate surface area is 89.0 Å². The molecule has 2 aromatic rings. The van der Waals surface area contributed by atoms with Gasteiger partial charge in [0.05, 0.1) is 5.69 Å². The summed E-state index contributed by atoms with van der Waals surface area (Å²) in [5.74, 6) is 0. The first kappa shape index (κ1) is 9.71. The highest BCUT2D eigenvalue weighted by Crippen LogP contribution is 2.09. The van der Waals surface area contributed by atoms with Gasteiger partial charge >= 0.3 is 0 Å². The van der Waals surface area contributed by atoms with E-state index in [9.17, 15) is 4.79 Å². The minimum atomic E-state index is 0.636. The molecule has 0 saturated carbocycles. The van der Waals surface area contributed by atoms with Gasteiger partial charge in [0.2, 0.25) is 0 Å². The van der Waals surface area contributed by atoms with Crippen molar-refractivity contribution in [1.82, 2.24) is 4.98 Å². The summed E-state index contributed by atoms with van der Waals surface area (Å²) in [6.45, 7) is 2.07. The molecule has 0 saturated heterocycles. The molecule has 2 heteroatoms. The topological polar surface area (TPSA) is 32.9 Å². The van der Waals surface area contributed by atoms with Gasteiger partial charge in [0.1, 0.15) is 0 Å². The largest absolute Gasteiger partial charge is 0.356 e. The van der Waals surface area contributed by atoms with Crippen molar-refractivity contribution in [1.29, 1.82) is 0 Å². The highest BCUT2D eigenvalue weighted by molar-refractivity contribution is 5.72. The van der Waals surface area contributed by atoms with Gasteiger partial charge < -0.3 is 4.98 Å². The summed E-state index contributed by atoms with van der Waals surface area (Å²) in [7, 11) is 0. The normalized spacial score (nSPS) is 10.2. The van der Waals surface area contributed by atoms with Crippen LogP contribution < -0.4 is 0 Å². The number of aromatic amines is 1. The van der Waals surface area contributed by atoms with Crippen LogP contribution in [-0.2, 0) is 6.42 Å². The van der Waals surface area contributed by atoms with Gasteiger partial charge in [-0.15, -0.1) is 0 Å². The summed E-state index contributed by atoms with van der Waals surface area (Å²) in [6.07, 6.45) is 1.67. The summed E-state index contributed by atoms with van der Waals surface area (Å²) < 4.78 is 0. The van der Waals surface area contributed by atoms with Crippen molar-refractivity contribution in [3.05, 3.63) is 58.9 Å². The van der Waals surface area contributed by atoms with Crippen LogP contribution in [0.5, 0.6) is 0 Å². The Hall–Kier alpha value is -1.83. The second kappa shape index (κ2) is 4.13. The Morgan fingerprint density at radius 1 is 1.13 bits per heavy atom. The number of aldehydes is 1. The zero-order chi connectivity index (χ0) is 10.7. The summed E-state index contributed by atoms with van der Waals surface area (Å²) in [5, 5.41) is 0. The molecule has 2 nitrogen and oxygen atoms in total. The van der Waals surface area contributed by atoms with Crippen LogP contribution in [0.15, 0.2) is 36.4 Å². The van der Waals surface area contributed by atoms with E-state index in [1.165, 1.54) is 11.1 Å². The monoisotopic (exact) mass is 199 g/mol. The summed E-state index contributed by atoms with van der Waals surface area (Å²) in [6, 6.07) is 12.2. The van der Waals surface area contributed by atoms with E-state index in [-0.39, 0.29) is 0 Å². The van der Waals surface area contributed by atoms with E-state index in [0.717, 1.165) is 18.4 Å². The summed E-state index contributed by atoms with van der Waals surface area (Å²) in [4.78, 5) is 13.5. The summed E-state index contributed by atoms with van der Waals surface area (Å²) >= 11 is 0. The second-order valence-electron chi connectivity index (χ2n) is 3.72. The van der Waals surface area contributed by atoms with Gasteiger partial charge in [-0.05, 0) is 24.6 Å². The lowest BCUT2D eigenvalue weighted by Gasteiger charge is -1.99. The number of rotatable bonds is 3. The second-order valence-corrected chi connectivity index (χ2v) is 3.72. The molecule has 0 atom stereocenters. The molecule has 0 fully saturated rings. The molecule has 1 heterocycles. The van der Waals surface area contributed by atoms with Crippen molar-refractivity contribution < 1.29 is 4.79 Å². The van der Waals surface area contributed by atoms with Gasteiger partial charge in [0.15, 0.2) is 6.29 Å². The summed E-state index contributed by atoms with van der Waals surface area (Å²) in [5.41, 5.74) is 4.22. The van der Waals surface area contributed by atoms with Crippen molar-refractivity contribution in [2.24, 2.45) is 0 Å². The first-order valence-corrected chi connectivity index (χ1v) is 4.96. The maximum absolute atomic E-state index is 10.5. The highest BCUT2D eigenvalue weighted by Gasteiger charge is 1.99. The Bertz CT molecular complexity index is 454. The molecule has 0 amide bonds. The fourth-order valence-electron chi connectivity index (χ4n) is 1.56. The standard InChI is InChI=1S/C13H13NO/c1-10-2-4-11(5-3-10)8-12-6-7-13(9-15)14-12/h2-7,9,14H,8H2,1H3. The van der Waals surface area contributed by atoms with E-state index in [4.69, 9.17) is 0 Å². The number of H-pyrrole nitrogens is 1. The Balaban J connectivity index is 2.14. The molecule has 2 rings (SSSR count). The van der Waals surface area contributed by atoms with Crippen molar-refractivity contribution in [3.63, 3.8) is 0 Å². The number of nitrogens with one attached hydrogen (secondary N) is 1. The SMILES string of the molecule is Cc1ccc(Cc2ccc(C=O)[nH]2)cc1. The maximum Gasteiger partial charge on any atom is 0.166 e. The van der Waals surface area contributed by atoms with E-state index in [2.05, 4.69) is 36.2 Å². The lowest BCUT2D eigenvalue weighted by molar-refractivity contribution is 0.111. The van der Waals surface area contributed by atoms with Gasteiger partial charge in [-0.2, -0.15) is 0 Å². The average Bonchev–Trinajstić information content (AvgIpc) is 2.69. The molecule has 0 aliphatic heterocycles. The van der Waals surface area contributed by atoms with Crippen molar-refractivity contribution in [2.75, 3.05) is 0 Å². The molecule has 0 unspecified atom stereocenters. The Morgan fingerprint density at radius 2 is 1.87 bits per heavy atom. The minimum Gasteiger partial charge on any atom is -0.356 e. The number of aromatic nitrogens is 1. The van der Waals surface area contributed by atoms with E-state index in [1.807, 2.05) is 6.07 Å². The lowest BCUT2D eigenvalue weighted by atomic mass is 10.1. The van der Waals surface area contributed by atoms with Crippen molar-refractivity contribution in [3.8, 4) is 0 Å². The smallest absolute Gasteiger partial charge is 0.166 e. The van der Waals surface area contributed by atoms with Crippen LogP contribution in [0.25, 0.3) is 0 Å². The van der Waals surface area contributed by atoms with Gasteiger partial charge in [-0.1, -0.05) is 29.8 Å². The molecule has 1 aromatic heterocycles. The number of hydrogen-bond donors (Lipinski definition) is 1. The fourth-order valence-corrected chi connectivity index (χ4v) is 1.56. The Morgan fingerprint density at radius 3 is 2.47 bits per heavy atom. The van der Waals surface area contributed by atoms with Crippen LogP contribution in [0.4, 0.5) is 0 Å². The minimum absolute atomic E-state index is 0.636. The van der Waals surface area contributed by atoms with Crippen LogP contribution in [0, 0.1) is 6.92 Å². The molecule has 15 heavy (non-hydrogen) atoms. The Kier molecular flexibility index (Phi) is 2.68. The average molecular weight is 199 g/mol. The molecule has 0 aliphatic rings. The number of hydrogen-bond acceptors (Lipinski definition) is 1.